The lowest BCUT2D eigenvalue weighted by atomic mass is 10.00. The molecule has 2 N–H and O–H groups in total. The van der Waals surface area contributed by atoms with Gasteiger partial charge in [-0.05, 0) is 42.9 Å². The molecule has 0 aliphatic carbocycles. The number of nitrogens with zero attached hydrogens (tertiary/aromatic N) is 4. The summed E-state index contributed by atoms with van der Waals surface area (Å²) in [5.41, 5.74) is 0.629. The zero-order valence-corrected chi connectivity index (χ0v) is 15.8. The Morgan fingerprint density at radius 1 is 1.44 bits per heavy atom. The van der Waals surface area contributed by atoms with Crippen LogP contribution >= 0.6 is 11.8 Å². The van der Waals surface area contributed by atoms with Crippen LogP contribution in [0.3, 0.4) is 0 Å². The van der Waals surface area contributed by atoms with Gasteiger partial charge in [-0.2, -0.15) is 11.8 Å². The molecule has 0 bridgehead atoms. The van der Waals surface area contributed by atoms with Crippen molar-refractivity contribution >= 4 is 29.4 Å². The van der Waals surface area contributed by atoms with Crippen molar-refractivity contribution in [1.82, 2.24) is 19.9 Å². The third-order valence-electron chi connectivity index (χ3n) is 4.43. The summed E-state index contributed by atoms with van der Waals surface area (Å²) in [6, 6.07) is 1.92. The number of nitrogens with one attached hydrogen (secondary N) is 2. The van der Waals surface area contributed by atoms with Crippen molar-refractivity contribution in [2.75, 3.05) is 30.0 Å². The lowest BCUT2D eigenvalue weighted by Crippen LogP contribution is -2.36. The van der Waals surface area contributed by atoms with E-state index in [4.69, 9.17) is 5.41 Å². The molecule has 0 radical (unpaired) electrons. The first kappa shape index (κ1) is 19.5. The summed E-state index contributed by atoms with van der Waals surface area (Å²) < 4.78 is 24.7. The normalized spacial score (nSPS) is 17.8. The Morgan fingerprint density at radius 2 is 2.30 bits per heavy atom. The molecule has 0 saturated carbocycles. The number of anilines is 1. The number of rotatable bonds is 7. The Balaban J connectivity index is 1.73. The number of alkyl halides is 2. The molecule has 0 aromatic carbocycles. The zero-order valence-electron chi connectivity index (χ0n) is 15.0. The van der Waals surface area contributed by atoms with Gasteiger partial charge in [0.25, 0.3) is 6.43 Å². The van der Waals surface area contributed by atoms with Crippen LogP contribution in [0.5, 0.6) is 0 Å². The van der Waals surface area contributed by atoms with E-state index in [1.807, 2.05) is 17.8 Å². The fourth-order valence-electron chi connectivity index (χ4n) is 3.11. The molecule has 3 heterocycles. The Morgan fingerprint density at radius 3 is 3.07 bits per heavy atom. The molecule has 6 nitrogen and oxygen atoms in total. The van der Waals surface area contributed by atoms with E-state index >= 15 is 0 Å². The lowest BCUT2D eigenvalue weighted by Gasteiger charge is -2.33. The minimum atomic E-state index is -2.79. The maximum Gasteiger partial charge on any atom is 0.279 e. The van der Waals surface area contributed by atoms with E-state index in [0.29, 0.717) is 23.1 Å². The highest BCUT2D eigenvalue weighted by Gasteiger charge is 2.21. The van der Waals surface area contributed by atoms with Crippen molar-refractivity contribution in [3.8, 4) is 11.4 Å². The molecular formula is C18H22F2N6S. The van der Waals surface area contributed by atoms with Gasteiger partial charge in [0.2, 0.25) is 0 Å². The van der Waals surface area contributed by atoms with Gasteiger partial charge < -0.3 is 9.88 Å². The van der Waals surface area contributed by atoms with E-state index in [0.717, 1.165) is 37.2 Å². The van der Waals surface area contributed by atoms with Gasteiger partial charge in [-0.25, -0.2) is 23.7 Å². The molecule has 27 heavy (non-hydrogen) atoms. The first-order valence-electron chi connectivity index (χ1n) is 8.72. The first-order chi connectivity index (χ1) is 13.1. The number of hydrogen-bond acceptors (Lipinski definition) is 6. The number of aromatic nitrogens is 4. The summed E-state index contributed by atoms with van der Waals surface area (Å²) in [5.74, 6) is 3.10. The molecule has 144 valence electrons. The van der Waals surface area contributed by atoms with Gasteiger partial charge in [0.15, 0.2) is 0 Å². The van der Waals surface area contributed by atoms with E-state index in [1.165, 1.54) is 18.8 Å². The highest BCUT2D eigenvalue weighted by molar-refractivity contribution is 7.98. The summed E-state index contributed by atoms with van der Waals surface area (Å²) >= 11 is 1.88. The number of hydrogen-bond donors (Lipinski definition) is 2. The van der Waals surface area contributed by atoms with E-state index in [1.54, 1.807) is 6.20 Å². The van der Waals surface area contributed by atoms with E-state index in [2.05, 4.69) is 31.1 Å². The van der Waals surface area contributed by atoms with Gasteiger partial charge in [0.05, 0.1) is 23.3 Å². The minimum Gasteiger partial charge on any atom is -0.356 e. The van der Waals surface area contributed by atoms with E-state index in [9.17, 15) is 8.78 Å². The van der Waals surface area contributed by atoms with Gasteiger partial charge in [-0.1, -0.05) is 0 Å². The second-order valence-corrected chi connectivity index (χ2v) is 7.35. The van der Waals surface area contributed by atoms with Gasteiger partial charge in [-0.15, -0.1) is 0 Å². The molecule has 1 atom stereocenters. The number of imidazole rings is 1. The maximum absolute atomic E-state index is 12.4. The fourth-order valence-corrected chi connectivity index (χ4v) is 3.85. The SMILES string of the molecule is CSCC1CCCN(c2cc(-c3cnc(/C=C\C(=N)C(F)F)[nH]3)ncn2)C1. The predicted octanol–water partition coefficient (Wildman–Crippen LogP) is 3.74. The summed E-state index contributed by atoms with van der Waals surface area (Å²) in [4.78, 5) is 18.2. The van der Waals surface area contributed by atoms with E-state index in [-0.39, 0.29) is 0 Å². The fraction of sp³-hybridized carbons (Fsp3) is 0.444. The molecule has 1 unspecified atom stereocenters. The summed E-state index contributed by atoms with van der Waals surface area (Å²) in [6.45, 7) is 1.97. The number of H-pyrrole nitrogens is 1. The predicted molar refractivity (Wildman–Crippen MR) is 106 cm³/mol. The van der Waals surface area contributed by atoms with Crippen LogP contribution in [0.4, 0.5) is 14.6 Å². The molecule has 1 fully saturated rings. The third kappa shape index (κ3) is 5.12. The number of allylic oxidation sites excluding steroid dienone is 1. The van der Waals surface area contributed by atoms with Gasteiger partial charge in [-0.3, -0.25) is 5.41 Å². The van der Waals surface area contributed by atoms with Crippen LogP contribution in [-0.2, 0) is 0 Å². The average molecular weight is 392 g/mol. The number of thioether (sulfide) groups is 1. The monoisotopic (exact) mass is 392 g/mol. The zero-order chi connectivity index (χ0) is 19.2. The first-order valence-corrected chi connectivity index (χ1v) is 10.1. The highest BCUT2D eigenvalue weighted by atomic mass is 32.2. The van der Waals surface area contributed by atoms with Gasteiger partial charge >= 0.3 is 0 Å². The molecule has 1 aliphatic heterocycles. The molecule has 1 aliphatic rings. The summed E-state index contributed by atoms with van der Waals surface area (Å²) in [6.07, 6.45) is 7.28. The van der Waals surface area contributed by atoms with Crippen molar-refractivity contribution in [1.29, 1.82) is 5.41 Å². The Labute approximate surface area is 161 Å². The van der Waals surface area contributed by atoms with Crippen LogP contribution in [0.25, 0.3) is 17.5 Å². The molecule has 3 rings (SSSR count). The van der Waals surface area contributed by atoms with Crippen molar-refractivity contribution in [2.24, 2.45) is 5.92 Å². The van der Waals surface area contributed by atoms with Crippen molar-refractivity contribution in [2.45, 2.75) is 19.3 Å². The van der Waals surface area contributed by atoms with E-state index < -0.39 is 12.1 Å². The number of halogens is 2. The lowest BCUT2D eigenvalue weighted by molar-refractivity contribution is 0.226. The molecular weight excluding hydrogens is 370 g/mol. The molecule has 1 saturated heterocycles. The van der Waals surface area contributed by atoms with Gasteiger partial charge in [0, 0.05) is 19.2 Å². The van der Waals surface area contributed by atoms with Crippen LogP contribution in [-0.4, -0.2) is 57.2 Å². The highest BCUT2D eigenvalue weighted by Crippen LogP contribution is 2.25. The average Bonchev–Trinajstić information content (AvgIpc) is 3.16. The molecule has 0 spiro atoms. The second-order valence-electron chi connectivity index (χ2n) is 6.44. The van der Waals surface area contributed by atoms with Crippen LogP contribution in [0.15, 0.2) is 24.7 Å². The standard InChI is InChI=1S/C18H22F2N6S/c1-27-10-12-3-2-6-26(9-12)17-7-14(23-11-24-17)15-8-22-16(25-15)5-4-13(21)18(19)20/h4-5,7-8,11-12,18,21H,2-3,6,9-10H2,1H3,(H,22,25)/b5-4-,21-13?. The van der Waals surface area contributed by atoms with Gasteiger partial charge in [0.1, 0.15) is 18.0 Å². The Bertz CT molecular complexity index is 805. The topological polar surface area (TPSA) is 81.5 Å². The summed E-state index contributed by atoms with van der Waals surface area (Å²) in [5, 5.41) is 7.15. The van der Waals surface area contributed by atoms with Crippen LogP contribution < -0.4 is 4.90 Å². The van der Waals surface area contributed by atoms with Crippen molar-refractivity contribution in [3.05, 3.63) is 30.5 Å². The van der Waals surface area contributed by atoms with Crippen molar-refractivity contribution < 1.29 is 8.78 Å². The van der Waals surface area contributed by atoms with Crippen molar-refractivity contribution in [3.63, 3.8) is 0 Å². The number of aromatic amines is 1. The summed E-state index contributed by atoms with van der Waals surface area (Å²) in [7, 11) is 0. The van der Waals surface area contributed by atoms with Crippen LogP contribution in [0.1, 0.15) is 18.7 Å². The molecule has 2 aromatic heterocycles. The minimum absolute atomic E-state index is 0.397. The van der Waals surface area contributed by atoms with Crippen LogP contribution in [0.2, 0.25) is 0 Å². The largest absolute Gasteiger partial charge is 0.356 e. The quantitative estimate of drug-likeness (QED) is 0.702. The second kappa shape index (κ2) is 9.07. The smallest absolute Gasteiger partial charge is 0.279 e. The molecule has 2 aromatic rings. The Hall–Kier alpha value is -2.29. The maximum atomic E-state index is 12.4. The third-order valence-corrected chi connectivity index (χ3v) is 5.23. The van der Waals surface area contributed by atoms with Crippen LogP contribution in [0, 0.1) is 11.3 Å². The Kier molecular flexibility index (Phi) is 6.54. The number of piperidine rings is 1. The molecule has 9 heteroatoms. The molecule has 0 amide bonds.